The number of nitrogens with zero attached hydrogens (tertiary/aromatic N) is 2. The summed E-state index contributed by atoms with van der Waals surface area (Å²) < 4.78 is 26.6. The second kappa shape index (κ2) is 6.73. The molecule has 116 valence electrons. The molecule has 2 aromatic rings. The topological polar surface area (TPSA) is 49.7 Å². The first kappa shape index (κ1) is 15.4. The molecular weight excluding hydrogens is 316 g/mol. The molecule has 0 bridgehead atoms. The zero-order valence-corrected chi connectivity index (χ0v) is 13.8. The number of piperidine rings is 1. The van der Waals surface area contributed by atoms with E-state index in [-0.39, 0.29) is 0 Å². The predicted molar refractivity (Wildman–Crippen MR) is 90.6 cm³/mol. The van der Waals surface area contributed by atoms with Crippen molar-refractivity contribution in [3.63, 3.8) is 0 Å². The quantitative estimate of drug-likeness (QED) is 0.801. The molecule has 0 N–H and O–H groups in total. The number of aliphatic imine (C=N–C) groups is 1. The SMILES string of the molecule is O=S(=O)(c1ccc(N=Cc2ccsc2)cc1)N1CCCCC1. The van der Waals surface area contributed by atoms with Gasteiger partial charge in [-0.1, -0.05) is 6.42 Å². The fourth-order valence-corrected chi connectivity index (χ4v) is 4.58. The number of thiophene rings is 1. The van der Waals surface area contributed by atoms with E-state index in [9.17, 15) is 8.42 Å². The highest BCUT2D eigenvalue weighted by Gasteiger charge is 2.25. The molecule has 0 unspecified atom stereocenters. The zero-order chi connectivity index (χ0) is 15.4. The Labute approximate surface area is 135 Å². The van der Waals surface area contributed by atoms with Gasteiger partial charge in [-0.15, -0.1) is 0 Å². The average Bonchev–Trinajstić information content (AvgIpc) is 3.08. The molecule has 22 heavy (non-hydrogen) atoms. The molecule has 0 aliphatic carbocycles. The summed E-state index contributed by atoms with van der Waals surface area (Å²) in [5.41, 5.74) is 1.80. The maximum absolute atomic E-state index is 12.5. The minimum absolute atomic E-state index is 0.351. The Morgan fingerprint density at radius 1 is 1.05 bits per heavy atom. The lowest BCUT2D eigenvalue weighted by molar-refractivity contribution is 0.346. The van der Waals surface area contributed by atoms with Gasteiger partial charge in [0.2, 0.25) is 10.0 Å². The van der Waals surface area contributed by atoms with Crippen molar-refractivity contribution in [3.05, 3.63) is 46.7 Å². The number of rotatable bonds is 4. The van der Waals surface area contributed by atoms with Crippen LogP contribution in [0.3, 0.4) is 0 Å². The van der Waals surface area contributed by atoms with Gasteiger partial charge >= 0.3 is 0 Å². The Balaban J connectivity index is 1.76. The van der Waals surface area contributed by atoms with E-state index in [1.165, 1.54) is 0 Å². The molecule has 0 atom stereocenters. The smallest absolute Gasteiger partial charge is 0.243 e. The summed E-state index contributed by atoms with van der Waals surface area (Å²) in [6.07, 6.45) is 4.79. The molecule has 1 aliphatic rings. The average molecular weight is 334 g/mol. The van der Waals surface area contributed by atoms with Crippen LogP contribution in [0.4, 0.5) is 5.69 Å². The molecule has 2 heterocycles. The fourth-order valence-electron chi connectivity index (χ4n) is 2.46. The van der Waals surface area contributed by atoms with Gasteiger partial charge in [-0.05, 0) is 53.9 Å². The van der Waals surface area contributed by atoms with E-state index in [0.29, 0.717) is 18.0 Å². The van der Waals surface area contributed by atoms with E-state index in [1.807, 2.05) is 16.8 Å². The van der Waals surface area contributed by atoms with Gasteiger partial charge in [-0.2, -0.15) is 15.6 Å². The van der Waals surface area contributed by atoms with Gasteiger partial charge in [0.15, 0.2) is 0 Å². The summed E-state index contributed by atoms with van der Waals surface area (Å²) in [4.78, 5) is 4.71. The standard InChI is InChI=1S/C16H18N2O2S2/c19-22(20,18-9-2-1-3-10-18)16-6-4-15(5-7-16)17-12-14-8-11-21-13-14/h4-8,11-13H,1-3,9-10H2. The van der Waals surface area contributed by atoms with Crippen LogP contribution >= 0.6 is 11.3 Å². The van der Waals surface area contributed by atoms with Crippen LogP contribution in [-0.4, -0.2) is 32.0 Å². The van der Waals surface area contributed by atoms with Crippen molar-refractivity contribution in [1.82, 2.24) is 4.31 Å². The minimum Gasteiger partial charge on any atom is -0.256 e. The third-order valence-corrected chi connectivity index (χ3v) is 6.31. The molecule has 0 spiro atoms. The molecule has 1 saturated heterocycles. The van der Waals surface area contributed by atoms with Gasteiger partial charge in [-0.3, -0.25) is 4.99 Å². The monoisotopic (exact) mass is 334 g/mol. The van der Waals surface area contributed by atoms with Gasteiger partial charge in [0.25, 0.3) is 0 Å². The predicted octanol–water partition coefficient (Wildman–Crippen LogP) is 3.67. The van der Waals surface area contributed by atoms with E-state index in [0.717, 1.165) is 30.5 Å². The van der Waals surface area contributed by atoms with Crippen LogP contribution in [0.15, 0.2) is 51.0 Å². The lowest BCUT2D eigenvalue weighted by Crippen LogP contribution is -2.35. The maximum atomic E-state index is 12.5. The first-order chi connectivity index (χ1) is 10.7. The van der Waals surface area contributed by atoms with Crippen molar-refractivity contribution in [2.24, 2.45) is 4.99 Å². The summed E-state index contributed by atoms with van der Waals surface area (Å²) in [5.74, 6) is 0. The summed E-state index contributed by atoms with van der Waals surface area (Å²) in [6, 6.07) is 8.78. The largest absolute Gasteiger partial charge is 0.256 e. The number of hydrogen-bond donors (Lipinski definition) is 0. The molecular formula is C16H18N2O2S2. The van der Waals surface area contributed by atoms with E-state index < -0.39 is 10.0 Å². The molecule has 3 rings (SSSR count). The molecule has 0 saturated carbocycles. The van der Waals surface area contributed by atoms with Gasteiger partial charge in [0, 0.05) is 24.9 Å². The van der Waals surface area contributed by atoms with Gasteiger partial charge in [0.1, 0.15) is 0 Å². The van der Waals surface area contributed by atoms with Crippen LogP contribution < -0.4 is 0 Å². The van der Waals surface area contributed by atoms with Crippen molar-refractivity contribution in [2.75, 3.05) is 13.1 Å². The van der Waals surface area contributed by atoms with Gasteiger partial charge in [-0.25, -0.2) is 8.42 Å². The van der Waals surface area contributed by atoms with Crippen molar-refractivity contribution in [2.45, 2.75) is 24.2 Å². The molecule has 0 radical (unpaired) electrons. The van der Waals surface area contributed by atoms with E-state index in [4.69, 9.17) is 0 Å². The zero-order valence-electron chi connectivity index (χ0n) is 12.2. The highest BCUT2D eigenvalue weighted by molar-refractivity contribution is 7.89. The van der Waals surface area contributed by atoms with Crippen molar-refractivity contribution in [3.8, 4) is 0 Å². The lowest BCUT2D eigenvalue weighted by Gasteiger charge is -2.25. The number of hydrogen-bond acceptors (Lipinski definition) is 4. The molecule has 4 nitrogen and oxygen atoms in total. The third-order valence-electron chi connectivity index (χ3n) is 3.70. The van der Waals surface area contributed by atoms with Crippen LogP contribution in [0.25, 0.3) is 0 Å². The first-order valence-electron chi connectivity index (χ1n) is 7.33. The normalized spacial score (nSPS) is 17.1. The van der Waals surface area contributed by atoms with Crippen LogP contribution in [-0.2, 0) is 10.0 Å². The van der Waals surface area contributed by atoms with Crippen LogP contribution in [0, 0.1) is 0 Å². The van der Waals surface area contributed by atoms with Crippen LogP contribution in [0.1, 0.15) is 24.8 Å². The molecule has 1 fully saturated rings. The van der Waals surface area contributed by atoms with E-state index >= 15 is 0 Å². The second-order valence-corrected chi connectivity index (χ2v) is 7.99. The van der Waals surface area contributed by atoms with E-state index in [1.54, 1.807) is 46.1 Å². The summed E-state index contributed by atoms with van der Waals surface area (Å²) in [6.45, 7) is 1.25. The van der Waals surface area contributed by atoms with Crippen LogP contribution in [0.5, 0.6) is 0 Å². The highest BCUT2D eigenvalue weighted by Crippen LogP contribution is 2.22. The van der Waals surface area contributed by atoms with E-state index in [2.05, 4.69) is 4.99 Å². The molecule has 0 amide bonds. The Morgan fingerprint density at radius 3 is 2.41 bits per heavy atom. The molecule has 1 aromatic heterocycles. The molecule has 1 aromatic carbocycles. The summed E-state index contributed by atoms with van der Waals surface area (Å²) >= 11 is 1.62. The summed E-state index contributed by atoms with van der Waals surface area (Å²) in [5, 5.41) is 4.01. The van der Waals surface area contributed by atoms with Crippen molar-refractivity contribution < 1.29 is 8.42 Å². The number of benzene rings is 1. The number of sulfonamides is 1. The maximum Gasteiger partial charge on any atom is 0.243 e. The molecule has 6 heteroatoms. The van der Waals surface area contributed by atoms with Crippen molar-refractivity contribution >= 4 is 33.3 Å². The van der Waals surface area contributed by atoms with Gasteiger partial charge < -0.3 is 0 Å². The van der Waals surface area contributed by atoms with Crippen LogP contribution in [0.2, 0.25) is 0 Å². The lowest BCUT2D eigenvalue weighted by atomic mass is 10.2. The third kappa shape index (κ3) is 3.45. The summed E-state index contributed by atoms with van der Waals surface area (Å²) in [7, 11) is -3.35. The van der Waals surface area contributed by atoms with Crippen molar-refractivity contribution in [1.29, 1.82) is 0 Å². The first-order valence-corrected chi connectivity index (χ1v) is 9.71. The second-order valence-electron chi connectivity index (χ2n) is 5.27. The Kier molecular flexibility index (Phi) is 4.71. The van der Waals surface area contributed by atoms with Gasteiger partial charge in [0.05, 0.1) is 10.6 Å². The minimum atomic E-state index is -3.35. The Hall–Kier alpha value is -1.50. The fraction of sp³-hybridized carbons (Fsp3) is 0.312. The Morgan fingerprint density at radius 2 is 1.77 bits per heavy atom. The highest BCUT2D eigenvalue weighted by atomic mass is 32.2. The Bertz CT molecular complexity index is 729. The molecule has 1 aliphatic heterocycles.